The Morgan fingerprint density at radius 1 is 1.59 bits per heavy atom. The minimum atomic E-state index is -0.779. The Kier molecular flexibility index (Phi) is 3.94. The predicted molar refractivity (Wildman–Crippen MR) is 64.8 cm³/mol. The number of hydrogen-bond donors (Lipinski definition) is 2. The summed E-state index contributed by atoms with van der Waals surface area (Å²) in [5.74, 6) is -0.779. The lowest BCUT2D eigenvalue weighted by Gasteiger charge is -2.05. The number of ether oxygens (including phenoxy) is 1. The fraction of sp³-hybridized carbons (Fsp3) is 0.111. The van der Waals surface area contributed by atoms with E-state index in [2.05, 4.69) is 22.3 Å². The summed E-state index contributed by atoms with van der Waals surface area (Å²) in [6.45, 7) is 0. The van der Waals surface area contributed by atoms with E-state index in [1.54, 1.807) is 0 Å². The summed E-state index contributed by atoms with van der Waals surface area (Å²) in [5.41, 5.74) is 5.05. The number of nitrogens with one attached hydrogen (secondary N) is 1. The van der Waals surface area contributed by atoms with E-state index < -0.39 is 10.9 Å². The Labute approximate surface area is 102 Å². The molecule has 0 spiro atoms. The average Bonchev–Trinajstić information content (AvgIpc) is 2.27. The molecule has 0 bridgehead atoms. The molecule has 0 saturated carbocycles. The van der Waals surface area contributed by atoms with Crippen LogP contribution >= 0.6 is 12.2 Å². The summed E-state index contributed by atoms with van der Waals surface area (Å²) in [4.78, 5) is 21.4. The zero-order valence-corrected chi connectivity index (χ0v) is 9.61. The van der Waals surface area contributed by atoms with Gasteiger partial charge in [-0.05, 0) is 24.4 Å². The molecule has 0 aliphatic heterocycles. The standard InChI is InChI=1S/C9H9N3O4S/c1-16-8(13)6-3-2-5(11-9(10)17)4-7(6)12(14)15/h2-4H,1H3,(H3,10,11,17). The van der Waals surface area contributed by atoms with Crippen molar-refractivity contribution in [3.8, 4) is 0 Å². The van der Waals surface area contributed by atoms with Crippen molar-refractivity contribution < 1.29 is 14.5 Å². The third-order valence-corrected chi connectivity index (χ3v) is 1.97. The maximum Gasteiger partial charge on any atom is 0.344 e. The summed E-state index contributed by atoms with van der Waals surface area (Å²) < 4.78 is 4.43. The lowest BCUT2D eigenvalue weighted by atomic mass is 10.1. The molecule has 0 aliphatic carbocycles. The Hall–Kier alpha value is -2.22. The van der Waals surface area contributed by atoms with Crippen LogP contribution in [0.5, 0.6) is 0 Å². The number of carbonyl (C=O) groups excluding carboxylic acids is 1. The van der Waals surface area contributed by atoms with Crippen LogP contribution in [0.4, 0.5) is 11.4 Å². The van der Waals surface area contributed by atoms with Gasteiger partial charge >= 0.3 is 5.97 Å². The predicted octanol–water partition coefficient (Wildman–Crippen LogP) is 1.04. The Bertz CT molecular complexity index is 489. The highest BCUT2D eigenvalue weighted by Gasteiger charge is 2.21. The van der Waals surface area contributed by atoms with Gasteiger partial charge in [0.2, 0.25) is 0 Å². The number of thiocarbonyl (C=S) groups is 1. The molecule has 3 N–H and O–H groups in total. The second-order valence-electron chi connectivity index (χ2n) is 2.97. The second-order valence-corrected chi connectivity index (χ2v) is 3.41. The first kappa shape index (κ1) is 12.8. The lowest BCUT2D eigenvalue weighted by Crippen LogP contribution is -2.19. The molecule has 1 aromatic rings. The van der Waals surface area contributed by atoms with Crippen LogP contribution in [-0.4, -0.2) is 23.1 Å². The lowest BCUT2D eigenvalue weighted by molar-refractivity contribution is -0.385. The van der Waals surface area contributed by atoms with E-state index >= 15 is 0 Å². The smallest absolute Gasteiger partial charge is 0.344 e. The summed E-state index contributed by atoms with van der Waals surface area (Å²) in [7, 11) is 1.15. The minimum Gasteiger partial charge on any atom is -0.465 e. The topological polar surface area (TPSA) is 107 Å². The highest BCUT2D eigenvalue weighted by atomic mass is 32.1. The van der Waals surface area contributed by atoms with E-state index in [1.807, 2.05) is 0 Å². The SMILES string of the molecule is COC(=O)c1ccc(NC(N)=S)cc1[N+](=O)[O-]. The minimum absolute atomic E-state index is 0.0230. The quantitative estimate of drug-likeness (QED) is 0.359. The fourth-order valence-corrected chi connectivity index (χ4v) is 1.30. The van der Waals surface area contributed by atoms with Gasteiger partial charge in [0.1, 0.15) is 5.56 Å². The second kappa shape index (κ2) is 5.21. The number of nitrogens with zero attached hydrogens (tertiary/aromatic N) is 1. The Balaban J connectivity index is 3.22. The van der Waals surface area contributed by atoms with E-state index in [9.17, 15) is 14.9 Å². The molecule has 0 saturated heterocycles. The van der Waals surface area contributed by atoms with E-state index in [0.717, 1.165) is 13.2 Å². The molecule has 0 radical (unpaired) electrons. The highest BCUT2D eigenvalue weighted by Crippen LogP contribution is 2.23. The third-order valence-electron chi connectivity index (χ3n) is 1.87. The Morgan fingerprint density at radius 3 is 2.71 bits per heavy atom. The molecular weight excluding hydrogens is 246 g/mol. The molecule has 17 heavy (non-hydrogen) atoms. The first-order chi connectivity index (χ1) is 7.95. The summed E-state index contributed by atoms with van der Waals surface area (Å²) in [6, 6.07) is 3.87. The molecule has 0 heterocycles. The number of rotatable bonds is 3. The van der Waals surface area contributed by atoms with Crippen LogP contribution in [0.3, 0.4) is 0 Å². The van der Waals surface area contributed by atoms with E-state index in [1.165, 1.54) is 12.1 Å². The summed E-state index contributed by atoms with van der Waals surface area (Å²) >= 11 is 4.60. The third kappa shape index (κ3) is 3.11. The number of carbonyl (C=O) groups is 1. The van der Waals surface area contributed by atoms with Crippen LogP contribution < -0.4 is 11.1 Å². The van der Waals surface area contributed by atoms with Crippen LogP contribution in [0, 0.1) is 10.1 Å². The van der Waals surface area contributed by atoms with Crippen LogP contribution in [-0.2, 0) is 4.74 Å². The van der Waals surface area contributed by atoms with Crippen molar-refractivity contribution in [2.45, 2.75) is 0 Å². The zero-order valence-electron chi connectivity index (χ0n) is 8.80. The maximum atomic E-state index is 11.3. The van der Waals surface area contributed by atoms with Crippen LogP contribution in [0.2, 0.25) is 0 Å². The van der Waals surface area contributed by atoms with Crippen molar-refractivity contribution in [1.82, 2.24) is 0 Å². The van der Waals surface area contributed by atoms with E-state index in [0.29, 0.717) is 5.69 Å². The van der Waals surface area contributed by atoms with Crippen LogP contribution in [0.25, 0.3) is 0 Å². The van der Waals surface area contributed by atoms with Crippen LogP contribution in [0.1, 0.15) is 10.4 Å². The number of benzene rings is 1. The van der Waals surface area contributed by atoms with Crippen molar-refractivity contribution in [3.05, 3.63) is 33.9 Å². The van der Waals surface area contributed by atoms with Gasteiger partial charge < -0.3 is 15.8 Å². The van der Waals surface area contributed by atoms with Crippen molar-refractivity contribution >= 4 is 34.7 Å². The number of anilines is 1. The van der Waals surface area contributed by atoms with Crippen molar-refractivity contribution in [3.63, 3.8) is 0 Å². The van der Waals surface area contributed by atoms with E-state index in [-0.39, 0.29) is 16.4 Å². The molecule has 8 heteroatoms. The molecule has 7 nitrogen and oxygen atoms in total. The molecule has 0 unspecified atom stereocenters. The van der Waals surface area contributed by atoms with Gasteiger partial charge in [-0.2, -0.15) is 0 Å². The number of nitro benzene ring substituents is 1. The van der Waals surface area contributed by atoms with Gasteiger partial charge in [-0.3, -0.25) is 10.1 Å². The van der Waals surface area contributed by atoms with Gasteiger partial charge in [-0.15, -0.1) is 0 Å². The van der Waals surface area contributed by atoms with Gasteiger partial charge in [0.15, 0.2) is 5.11 Å². The van der Waals surface area contributed by atoms with Gasteiger partial charge in [-0.25, -0.2) is 4.79 Å². The Morgan fingerprint density at radius 2 is 2.24 bits per heavy atom. The van der Waals surface area contributed by atoms with E-state index in [4.69, 9.17) is 5.73 Å². The highest BCUT2D eigenvalue weighted by molar-refractivity contribution is 7.80. The number of nitro groups is 1. The first-order valence-corrected chi connectivity index (χ1v) is 4.79. The number of hydrogen-bond acceptors (Lipinski definition) is 5. The number of methoxy groups -OCH3 is 1. The molecular formula is C9H9N3O4S. The van der Waals surface area contributed by atoms with Gasteiger partial charge in [0.05, 0.1) is 12.0 Å². The molecule has 1 aromatic carbocycles. The zero-order chi connectivity index (χ0) is 13.0. The molecule has 0 amide bonds. The maximum absolute atomic E-state index is 11.3. The summed E-state index contributed by atoms with van der Waals surface area (Å²) in [5, 5.41) is 13.3. The van der Waals surface area contributed by atoms with Crippen molar-refractivity contribution in [2.24, 2.45) is 5.73 Å². The molecule has 0 fully saturated rings. The van der Waals surface area contributed by atoms with Gasteiger partial charge in [0, 0.05) is 11.8 Å². The first-order valence-electron chi connectivity index (χ1n) is 4.39. The molecule has 0 aliphatic rings. The van der Waals surface area contributed by atoms with Crippen molar-refractivity contribution in [1.29, 1.82) is 0 Å². The van der Waals surface area contributed by atoms with Gasteiger partial charge in [0.25, 0.3) is 5.69 Å². The molecule has 0 aromatic heterocycles. The van der Waals surface area contributed by atoms with Gasteiger partial charge in [-0.1, -0.05) is 0 Å². The molecule has 0 atom stereocenters. The summed E-state index contributed by atoms with van der Waals surface area (Å²) in [6.07, 6.45) is 0. The normalized spacial score (nSPS) is 9.47. The number of esters is 1. The number of nitrogens with two attached hydrogens (primary N) is 1. The fourth-order valence-electron chi connectivity index (χ4n) is 1.19. The van der Waals surface area contributed by atoms with Crippen LogP contribution in [0.15, 0.2) is 18.2 Å². The van der Waals surface area contributed by atoms with Crippen molar-refractivity contribution in [2.75, 3.05) is 12.4 Å². The average molecular weight is 255 g/mol. The largest absolute Gasteiger partial charge is 0.465 e. The molecule has 90 valence electrons. The molecule has 1 rings (SSSR count). The monoisotopic (exact) mass is 255 g/mol.